The number of ether oxygens (including phenoxy) is 2. The molecule has 0 unspecified atom stereocenters. The number of nitrogens with one attached hydrogen (secondary N) is 2. The lowest BCUT2D eigenvalue weighted by Gasteiger charge is -2.20. The summed E-state index contributed by atoms with van der Waals surface area (Å²) in [7, 11) is 0.176. The highest BCUT2D eigenvalue weighted by atomic mass is 127. The molecule has 32 heavy (non-hydrogen) atoms. The Labute approximate surface area is 207 Å². The maximum absolute atomic E-state index is 11.6. The number of hydrogen-bond donors (Lipinski definition) is 2. The lowest BCUT2D eigenvalue weighted by molar-refractivity contribution is 0.198. The predicted molar refractivity (Wildman–Crippen MR) is 138 cm³/mol. The summed E-state index contributed by atoms with van der Waals surface area (Å²) in [6.07, 6.45) is 6.00. The van der Waals surface area contributed by atoms with E-state index in [9.17, 15) is 8.42 Å². The zero-order valence-electron chi connectivity index (χ0n) is 18.8. The average Bonchev–Trinajstić information content (AvgIpc) is 3.27. The third-order valence-corrected chi connectivity index (χ3v) is 6.48. The maximum Gasteiger partial charge on any atom is 0.191 e. The number of para-hydroxylation sites is 1. The van der Waals surface area contributed by atoms with Crippen molar-refractivity contribution in [2.24, 2.45) is 4.99 Å². The predicted octanol–water partition coefficient (Wildman–Crippen LogP) is 3.90. The van der Waals surface area contributed by atoms with E-state index in [1.165, 1.54) is 19.1 Å². The van der Waals surface area contributed by atoms with Crippen molar-refractivity contribution in [3.63, 3.8) is 0 Å². The quantitative estimate of drug-likeness (QED) is 0.283. The molecular weight excluding hydrogens is 541 g/mol. The normalized spacial score (nSPS) is 14.5. The minimum atomic E-state index is -3.19. The molecular formula is C23H32IN3O4S. The van der Waals surface area contributed by atoms with Gasteiger partial charge in [-0.15, -0.1) is 24.0 Å². The van der Waals surface area contributed by atoms with Gasteiger partial charge in [0.2, 0.25) is 0 Å². The van der Waals surface area contributed by atoms with Crippen LogP contribution in [0.1, 0.15) is 36.8 Å². The van der Waals surface area contributed by atoms with Gasteiger partial charge in [-0.3, -0.25) is 4.99 Å². The Morgan fingerprint density at radius 1 is 1.06 bits per heavy atom. The van der Waals surface area contributed by atoms with Crippen LogP contribution in [0.2, 0.25) is 0 Å². The van der Waals surface area contributed by atoms with E-state index in [1.807, 2.05) is 18.2 Å². The Morgan fingerprint density at radius 2 is 1.72 bits per heavy atom. The van der Waals surface area contributed by atoms with Crippen molar-refractivity contribution in [2.45, 2.75) is 49.8 Å². The van der Waals surface area contributed by atoms with Gasteiger partial charge >= 0.3 is 0 Å². The summed E-state index contributed by atoms with van der Waals surface area (Å²) >= 11 is 0. The minimum Gasteiger partial charge on any atom is -0.493 e. The Morgan fingerprint density at radius 3 is 2.31 bits per heavy atom. The molecule has 3 rings (SSSR count). The van der Waals surface area contributed by atoms with Crippen molar-refractivity contribution in [3.8, 4) is 11.5 Å². The van der Waals surface area contributed by atoms with E-state index in [4.69, 9.17) is 9.47 Å². The number of aliphatic imine (C=N–C) groups is 1. The Bertz CT molecular complexity index is 1000. The van der Waals surface area contributed by atoms with Crippen molar-refractivity contribution in [1.29, 1.82) is 0 Å². The highest BCUT2D eigenvalue weighted by molar-refractivity contribution is 14.0. The second kappa shape index (κ2) is 12.3. The molecule has 9 heteroatoms. The van der Waals surface area contributed by atoms with E-state index in [0.717, 1.165) is 35.5 Å². The lowest BCUT2D eigenvalue weighted by atomic mass is 10.1. The van der Waals surface area contributed by atoms with Crippen LogP contribution in [-0.4, -0.2) is 40.9 Å². The monoisotopic (exact) mass is 573 g/mol. The zero-order chi connectivity index (χ0) is 22.3. The molecule has 0 aromatic heterocycles. The van der Waals surface area contributed by atoms with Gasteiger partial charge in [0.25, 0.3) is 0 Å². The van der Waals surface area contributed by atoms with Crippen molar-refractivity contribution in [1.82, 2.24) is 10.6 Å². The second-order valence-corrected chi connectivity index (χ2v) is 9.68. The molecule has 2 N–H and O–H groups in total. The highest BCUT2D eigenvalue weighted by Gasteiger charge is 2.20. The summed E-state index contributed by atoms with van der Waals surface area (Å²) in [5.74, 6) is 2.16. The van der Waals surface area contributed by atoms with Gasteiger partial charge in [0.05, 0.1) is 18.1 Å². The summed E-state index contributed by atoms with van der Waals surface area (Å²) in [4.78, 5) is 4.59. The minimum absolute atomic E-state index is 0. The van der Waals surface area contributed by atoms with Crippen LogP contribution in [-0.2, 0) is 22.9 Å². The van der Waals surface area contributed by atoms with Gasteiger partial charge in [0.1, 0.15) is 0 Å². The molecule has 7 nitrogen and oxygen atoms in total. The van der Waals surface area contributed by atoms with Gasteiger partial charge in [-0.1, -0.05) is 24.3 Å². The number of halogens is 1. The topological polar surface area (TPSA) is 89.0 Å². The number of rotatable bonds is 8. The molecule has 0 heterocycles. The van der Waals surface area contributed by atoms with Gasteiger partial charge in [0, 0.05) is 32.0 Å². The zero-order valence-corrected chi connectivity index (χ0v) is 21.9. The third-order valence-electron chi connectivity index (χ3n) is 5.35. The van der Waals surface area contributed by atoms with Crippen LogP contribution in [0.25, 0.3) is 0 Å². The number of nitrogens with zero attached hydrogens (tertiary/aromatic N) is 1. The molecule has 0 amide bonds. The van der Waals surface area contributed by atoms with Crippen LogP contribution in [0.5, 0.6) is 11.5 Å². The fourth-order valence-corrected chi connectivity index (χ4v) is 4.24. The molecule has 0 bridgehead atoms. The van der Waals surface area contributed by atoms with Gasteiger partial charge < -0.3 is 20.1 Å². The molecule has 176 valence electrons. The molecule has 0 radical (unpaired) electrons. The van der Waals surface area contributed by atoms with Crippen LogP contribution < -0.4 is 20.1 Å². The van der Waals surface area contributed by atoms with E-state index in [0.29, 0.717) is 23.9 Å². The Kier molecular flexibility index (Phi) is 10.1. The van der Waals surface area contributed by atoms with E-state index >= 15 is 0 Å². The number of methoxy groups -OCH3 is 1. The number of hydrogen-bond acceptors (Lipinski definition) is 5. The van der Waals surface area contributed by atoms with E-state index in [-0.39, 0.29) is 30.1 Å². The first-order valence-electron chi connectivity index (χ1n) is 10.5. The average molecular weight is 573 g/mol. The third kappa shape index (κ3) is 7.26. The summed E-state index contributed by atoms with van der Waals surface area (Å²) in [6, 6.07) is 12.7. The van der Waals surface area contributed by atoms with Crippen LogP contribution in [0.4, 0.5) is 0 Å². The lowest BCUT2D eigenvalue weighted by Crippen LogP contribution is -2.36. The number of sulfone groups is 1. The van der Waals surface area contributed by atoms with Crippen molar-refractivity contribution in [3.05, 3.63) is 53.6 Å². The molecule has 1 aliphatic carbocycles. The van der Waals surface area contributed by atoms with Crippen LogP contribution in [0.15, 0.2) is 52.4 Å². The first kappa shape index (κ1) is 26.2. The largest absolute Gasteiger partial charge is 0.493 e. The fraction of sp³-hybridized carbons (Fsp3) is 0.435. The van der Waals surface area contributed by atoms with Crippen LogP contribution >= 0.6 is 24.0 Å². The fourth-order valence-electron chi connectivity index (χ4n) is 3.61. The summed E-state index contributed by atoms with van der Waals surface area (Å²) < 4.78 is 35.0. The Balaban J connectivity index is 0.00000363. The molecule has 0 aliphatic heterocycles. The molecule has 1 fully saturated rings. The summed E-state index contributed by atoms with van der Waals surface area (Å²) in [6.45, 7) is 1.05. The molecule has 2 aromatic carbocycles. The highest BCUT2D eigenvalue weighted by Crippen LogP contribution is 2.34. The summed E-state index contributed by atoms with van der Waals surface area (Å²) in [5.41, 5.74) is 1.97. The summed E-state index contributed by atoms with van der Waals surface area (Å²) in [5, 5.41) is 6.57. The van der Waals surface area contributed by atoms with Crippen molar-refractivity contribution >= 4 is 39.8 Å². The number of guanidine groups is 1. The van der Waals surface area contributed by atoms with Gasteiger partial charge in [0.15, 0.2) is 27.3 Å². The molecule has 1 aliphatic rings. The molecule has 0 spiro atoms. The van der Waals surface area contributed by atoms with E-state index in [1.54, 1.807) is 38.4 Å². The molecule has 0 atom stereocenters. The SMILES string of the molecule is CN=C(NCc1ccc(S(C)(=O)=O)cc1)NCc1cccc(OC)c1OC1CCCC1.I. The van der Waals surface area contributed by atoms with Gasteiger partial charge in [-0.2, -0.15) is 0 Å². The van der Waals surface area contributed by atoms with E-state index < -0.39 is 9.84 Å². The van der Waals surface area contributed by atoms with Crippen molar-refractivity contribution < 1.29 is 17.9 Å². The standard InChI is InChI=1S/C23H31N3O4S.HI/c1-24-23(25-15-17-11-13-20(14-12-17)31(3,27)28)26-16-18-7-6-10-21(29-2)22(18)30-19-8-4-5-9-19;/h6-7,10-14,19H,4-5,8-9,15-16H2,1-3H3,(H2,24,25,26);1H. The smallest absolute Gasteiger partial charge is 0.191 e. The van der Waals surface area contributed by atoms with E-state index in [2.05, 4.69) is 15.6 Å². The van der Waals surface area contributed by atoms with Crippen molar-refractivity contribution in [2.75, 3.05) is 20.4 Å². The number of benzene rings is 2. The molecule has 1 saturated carbocycles. The molecule has 0 saturated heterocycles. The van der Waals surface area contributed by atoms with Crippen LogP contribution in [0, 0.1) is 0 Å². The maximum atomic E-state index is 11.6. The van der Waals surface area contributed by atoms with Gasteiger partial charge in [-0.25, -0.2) is 8.42 Å². The molecule has 2 aromatic rings. The first-order valence-corrected chi connectivity index (χ1v) is 12.4. The Hall–Kier alpha value is -2.01. The van der Waals surface area contributed by atoms with Gasteiger partial charge in [-0.05, 0) is 49.4 Å². The first-order chi connectivity index (χ1) is 14.9. The second-order valence-electron chi connectivity index (χ2n) is 7.67. The van der Waals surface area contributed by atoms with Crippen LogP contribution in [0.3, 0.4) is 0 Å².